The summed E-state index contributed by atoms with van der Waals surface area (Å²) >= 11 is 0. The maximum Gasteiger partial charge on any atom is 0.119 e. The fourth-order valence-electron chi connectivity index (χ4n) is 1.03. The average molecular weight is 176 g/mol. The molecule has 0 fully saturated rings. The highest BCUT2D eigenvalue weighted by atomic mass is 16.3. The number of hydrogen-bond donors (Lipinski definition) is 1. The third kappa shape index (κ3) is 2.94. The molecule has 0 aromatic heterocycles. The Kier molecular flexibility index (Phi) is 3.13. The molecule has 0 heterocycles. The molecule has 0 amide bonds. The Morgan fingerprint density at radius 3 is 2.54 bits per heavy atom. The minimum atomic E-state index is 0.367. The third-order valence-corrected chi connectivity index (χ3v) is 1.91. The summed E-state index contributed by atoms with van der Waals surface area (Å²) < 4.78 is 0. The lowest BCUT2D eigenvalue weighted by Crippen LogP contribution is -1.79. The average Bonchev–Trinajstić information content (AvgIpc) is 2.07. The first-order valence-electron chi connectivity index (χ1n) is 4.57. The fraction of sp³-hybridized carbons (Fsp3) is 0.333. The standard InChI is InChI=1S/C12H16O/c1-9(2)4-6-11-7-5-10(3)12(13)8-11/h4-9,13H,1-3H3/b6-4+. The van der Waals surface area contributed by atoms with Gasteiger partial charge >= 0.3 is 0 Å². The van der Waals surface area contributed by atoms with Crippen molar-refractivity contribution >= 4 is 6.08 Å². The fourth-order valence-corrected chi connectivity index (χ4v) is 1.03. The van der Waals surface area contributed by atoms with Crippen LogP contribution in [0, 0.1) is 12.8 Å². The summed E-state index contributed by atoms with van der Waals surface area (Å²) in [6.07, 6.45) is 4.15. The summed E-state index contributed by atoms with van der Waals surface area (Å²) in [6, 6.07) is 5.72. The van der Waals surface area contributed by atoms with Crippen LogP contribution in [0.3, 0.4) is 0 Å². The van der Waals surface area contributed by atoms with Crippen LogP contribution in [-0.2, 0) is 0 Å². The van der Waals surface area contributed by atoms with Gasteiger partial charge in [-0.2, -0.15) is 0 Å². The zero-order chi connectivity index (χ0) is 9.84. The smallest absolute Gasteiger partial charge is 0.119 e. The second kappa shape index (κ2) is 4.13. The summed E-state index contributed by atoms with van der Waals surface area (Å²) in [5.41, 5.74) is 1.97. The second-order valence-corrected chi connectivity index (χ2v) is 3.65. The zero-order valence-corrected chi connectivity index (χ0v) is 8.41. The number of benzene rings is 1. The molecule has 0 aliphatic heterocycles. The summed E-state index contributed by atoms with van der Waals surface area (Å²) in [5, 5.41) is 9.43. The maximum absolute atomic E-state index is 9.43. The normalized spacial score (nSPS) is 11.4. The van der Waals surface area contributed by atoms with Crippen molar-refractivity contribution in [1.82, 2.24) is 0 Å². The van der Waals surface area contributed by atoms with Gasteiger partial charge in [-0.3, -0.25) is 0 Å². The molecule has 1 rings (SSSR count). The van der Waals surface area contributed by atoms with Crippen molar-refractivity contribution < 1.29 is 5.11 Å². The van der Waals surface area contributed by atoms with Crippen LogP contribution in [-0.4, -0.2) is 5.11 Å². The first kappa shape index (κ1) is 9.85. The molecule has 0 radical (unpaired) electrons. The van der Waals surface area contributed by atoms with E-state index in [2.05, 4.69) is 19.9 Å². The molecule has 13 heavy (non-hydrogen) atoms. The molecule has 1 heteroatoms. The summed E-state index contributed by atoms with van der Waals surface area (Å²) in [7, 11) is 0. The van der Waals surface area contributed by atoms with Crippen LogP contribution >= 0.6 is 0 Å². The zero-order valence-electron chi connectivity index (χ0n) is 8.41. The highest BCUT2D eigenvalue weighted by Crippen LogP contribution is 2.18. The minimum Gasteiger partial charge on any atom is -0.508 e. The molecule has 0 atom stereocenters. The SMILES string of the molecule is Cc1ccc(/C=C/C(C)C)cc1O. The highest BCUT2D eigenvalue weighted by Gasteiger charge is 1.95. The predicted octanol–water partition coefficient (Wildman–Crippen LogP) is 3.37. The van der Waals surface area contributed by atoms with Crippen molar-refractivity contribution in [2.45, 2.75) is 20.8 Å². The van der Waals surface area contributed by atoms with E-state index in [4.69, 9.17) is 0 Å². The van der Waals surface area contributed by atoms with E-state index >= 15 is 0 Å². The second-order valence-electron chi connectivity index (χ2n) is 3.65. The van der Waals surface area contributed by atoms with Crippen LogP contribution in [0.1, 0.15) is 25.0 Å². The lowest BCUT2D eigenvalue weighted by Gasteiger charge is -2.00. The number of aromatic hydroxyl groups is 1. The Morgan fingerprint density at radius 1 is 1.31 bits per heavy atom. The van der Waals surface area contributed by atoms with E-state index in [1.807, 2.05) is 25.1 Å². The van der Waals surface area contributed by atoms with E-state index < -0.39 is 0 Å². The van der Waals surface area contributed by atoms with E-state index in [1.165, 1.54) is 0 Å². The van der Waals surface area contributed by atoms with Crippen LogP contribution in [0.2, 0.25) is 0 Å². The van der Waals surface area contributed by atoms with E-state index in [-0.39, 0.29) is 0 Å². The Labute approximate surface area is 79.7 Å². The monoisotopic (exact) mass is 176 g/mol. The molecule has 0 saturated carbocycles. The molecule has 1 nitrogen and oxygen atoms in total. The quantitative estimate of drug-likeness (QED) is 0.732. The molecule has 0 spiro atoms. The van der Waals surface area contributed by atoms with Gasteiger partial charge in [0.25, 0.3) is 0 Å². The van der Waals surface area contributed by atoms with Crippen molar-refractivity contribution in [2.75, 3.05) is 0 Å². The van der Waals surface area contributed by atoms with Gasteiger partial charge in [0.1, 0.15) is 5.75 Å². The summed E-state index contributed by atoms with van der Waals surface area (Å²) in [4.78, 5) is 0. The molecule has 70 valence electrons. The predicted molar refractivity (Wildman–Crippen MR) is 56.7 cm³/mol. The molecule has 0 aliphatic carbocycles. The largest absolute Gasteiger partial charge is 0.508 e. The van der Waals surface area contributed by atoms with Crippen molar-refractivity contribution in [2.24, 2.45) is 5.92 Å². The Balaban J connectivity index is 2.85. The van der Waals surface area contributed by atoms with Gasteiger partial charge in [0.05, 0.1) is 0 Å². The molecular formula is C12H16O. The van der Waals surface area contributed by atoms with Gasteiger partial charge in [-0.15, -0.1) is 0 Å². The maximum atomic E-state index is 9.43. The number of rotatable bonds is 2. The summed E-state index contributed by atoms with van der Waals surface area (Å²) in [6.45, 7) is 6.15. The van der Waals surface area contributed by atoms with Gasteiger partial charge in [0.15, 0.2) is 0 Å². The molecule has 1 N–H and O–H groups in total. The van der Waals surface area contributed by atoms with Gasteiger partial charge in [0.2, 0.25) is 0 Å². The van der Waals surface area contributed by atoms with Crippen LogP contribution < -0.4 is 0 Å². The van der Waals surface area contributed by atoms with Crippen LogP contribution in [0.15, 0.2) is 24.3 Å². The lowest BCUT2D eigenvalue weighted by molar-refractivity contribution is 0.471. The van der Waals surface area contributed by atoms with Crippen molar-refractivity contribution in [1.29, 1.82) is 0 Å². The first-order valence-corrected chi connectivity index (χ1v) is 4.57. The highest BCUT2D eigenvalue weighted by molar-refractivity contribution is 5.53. The number of phenols is 1. The van der Waals surface area contributed by atoms with Gasteiger partial charge < -0.3 is 5.11 Å². The van der Waals surface area contributed by atoms with Gasteiger partial charge in [-0.25, -0.2) is 0 Å². The van der Waals surface area contributed by atoms with Gasteiger partial charge in [-0.1, -0.05) is 38.1 Å². The molecule has 1 aromatic carbocycles. The third-order valence-electron chi connectivity index (χ3n) is 1.91. The molecular weight excluding hydrogens is 160 g/mol. The molecule has 1 aromatic rings. The Morgan fingerprint density at radius 2 is 2.00 bits per heavy atom. The van der Waals surface area contributed by atoms with Crippen LogP contribution in [0.25, 0.3) is 6.08 Å². The number of aryl methyl sites for hydroxylation is 1. The van der Waals surface area contributed by atoms with Gasteiger partial charge in [0, 0.05) is 0 Å². The number of hydrogen-bond acceptors (Lipinski definition) is 1. The number of phenolic OH excluding ortho intramolecular Hbond substituents is 1. The lowest BCUT2D eigenvalue weighted by atomic mass is 10.1. The van der Waals surface area contributed by atoms with E-state index in [0.717, 1.165) is 11.1 Å². The minimum absolute atomic E-state index is 0.367. The number of allylic oxidation sites excluding steroid dienone is 1. The molecule has 0 bridgehead atoms. The van der Waals surface area contributed by atoms with Crippen molar-refractivity contribution in [3.63, 3.8) is 0 Å². The Hall–Kier alpha value is -1.24. The Bertz CT molecular complexity index is 311. The van der Waals surface area contributed by atoms with Crippen molar-refractivity contribution in [3.8, 4) is 5.75 Å². The van der Waals surface area contributed by atoms with Gasteiger partial charge in [-0.05, 0) is 30.0 Å². The van der Waals surface area contributed by atoms with Crippen LogP contribution in [0.5, 0.6) is 5.75 Å². The van der Waals surface area contributed by atoms with Crippen LogP contribution in [0.4, 0.5) is 0 Å². The summed E-state index contributed by atoms with van der Waals surface area (Å²) in [5.74, 6) is 0.911. The van der Waals surface area contributed by atoms with E-state index in [9.17, 15) is 5.11 Å². The molecule has 0 unspecified atom stereocenters. The molecule has 0 saturated heterocycles. The molecule has 0 aliphatic rings. The van der Waals surface area contributed by atoms with Crippen molar-refractivity contribution in [3.05, 3.63) is 35.4 Å². The van der Waals surface area contributed by atoms with E-state index in [0.29, 0.717) is 11.7 Å². The first-order chi connectivity index (χ1) is 6.09. The topological polar surface area (TPSA) is 20.2 Å². The van der Waals surface area contributed by atoms with E-state index in [1.54, 1.807) is 6.07 Å².